The van der Waals surface area contributed by atoms with Crippen molar-refractivity contribution >= 4 is 17.8 Å². The van der Waals surface area contributed by atoms with Crippen molar-refractivity contribution in [2.75, 3.05) is 13.1 Å². The quantitative estimate of drug-likeness (QED) is 0.828. The Labute approximate surface area is 135 Å². The Kier molecular flexibility index (Phi) is 5.36. The summed E-state index contributed by atoms with van der Waals surface area (Å²) in [4.78, 5) is 36.6. The zero-order chi connectivity index (χ0) is 17.0. The molecular formula is C17H22N2O4. The fourth-order valence-electron chi connectivity index (χ4n) is 2.74. The molecule has 1 aliphatic heterocycles. The smallest absolute Gasteiger partial charge is 0.335 e. The number of carbonyl (C=O) groups is 3. The largest absolute Gasteiger partial charge is 0.478 e. The van der Waals surface area contributed by atoms with Gasteiger partial charge in [-0.2, -0.15) is 0 Å². The fourth-order valence-corrected chi connectivity index (χ4v) is 2.74. The third-order valence-electron chi connectivity index (χ3n) is 4.04. The van der Waals surface area contributed by atoms with E-state index < -0.39 is 5.97 Å². The van der Waals surface area contributed by atoms with Gasteiger partial charge >= 0.3 is 5.97 Å². The molecular weight excluding hydrogens is 296 g/mol. The van der Waals surface area contributed by atoms with Crippen molar-refractivity contribution in [1.82, 2.24) is 10.2 Å². The van der Waals surface area contributed by atoms with Gasteiger partial charge in [-0.25, -0.2) is 4.79 Å². The fraction of sp³-hybridized carbons (Fsp3) is 0.471. The molecule has 23 heavy (non-hydrogen) atoms. The predicted molar refractivity (Wildman–Crippen MR) is 85.1 cm³/mol. The summed E-state index contributed by atoms with van der Waals surface area (Å²) in [5, 5.41) is 11.8. The number of benzene rings is 1. The molecule has 0 bridgehead atoms. The lowest BCUT2D eigenvalue weighted by atomic mass is 10.1. The Bertz CT molecular complexity index is 612. The summed E-state index contributed by atoms with van der Waals surface area (Å²) in [5.41, 5.74) is 1.10. The van der Waals surface area contributed by atoms with Crippen LogP contribution in [0.25, 0.3) is 0 Å². The molecule has 0 saturated carbocycles. The van der Waals surface area contributed by atoms with Crippen molar-refractivity contribution in [3.8, 4) is 0 Å². The predicted octanol–water partition coefficient (Wildman–Crippen LogP) is 1.30. The number of rotatable bonds is 6. The molecule has 2 amide bonds. The molecule has 6 nitrogen and oxygen atoms in total. The molecule has 0 unspecified atom stereocenters. The highest BCUT2D eigenvalue weighted by atomic mass is 16.4. The van der Waals surface area contributed by atoms with Crippen molar-refractivity contribution in [2.45, 2.75) is 32.7 Å². The van der Waals surface area contributed by atoms with Crippen LogP contribution in [0.4, 0.5) is 0 Å². The monoisotopic (exact) mass is 318 g/mol. The highest BCUT2D eigenvalue weighted by Crippen LogP contribution is 2.20. The maximum Gasteiger partial charge on any atom is 0.335 e. The number of amides is 2. The van der Waals surface area contributed by atoms with Crippen molar-refractivity contribution < 1.29 is 19.5 Å². The van der Waals surface area contributed by atoms with Gasteiger partial charge in [0.2, 0.25) is 11.8 Å². The Hall–Kier alpha value is -2.37. The molecule has 0 aliphatic carbocycles. The van der Waals surface area contributed by atoms with Crippen molar-refractivity contribution in [3.05, 3.63) is 35.4 Å². The van der Waals surface area contributed by atoms with E-state index in [1.54, 1.807) is 17.0 Å². The molecule has 1 heterocycles. The summed E-state index contributed by atoms with van der Waals surface area (Å²) in [6, 6.07) is 6.78. The zero-order valence-corrected chi connectivity index (χ0v) is 13.4. The lowest BCUT2D eigenvalue weighted by Gasteiger charge is -2.20. The average Bonchev–Trinajstić information content (AvgIpc) is 2.89. The van der Waals surface area contributed by atoms with E-state index in [2.05, 4.69) is 5.32 Å². The van der Waals surface area contributed by atoms with Crippen LogP contribution in [0.3, 0.4) is 0 Å². The third kappa shape index (κ3) is 4.31. The van der Waals surface area contributed by atoms with E-state index in [1.807, 2.05) is 19.9 Å². The molecule has 2 rings (SSSR count). The lowest BCUT2D eigenvalue weighted by molar-refractivity contribution is -0.129. The van der Waals surface area contributed by atoms with Gasteiger partial charge < -0.3 is 15.3 Å². The van der Waals surface area contributed by atoms with Crippen LogP contribution >= 0.6 is 0 Å². The van der Waals surface area contributed by atoms with E-state index in [4.69, 9.17) is 5.11 Å². The maximum atomic E-state index is 12.1. The molecule has 0 aromatic heterocycles. The van der Waals surface area contributed by atoms with Crippen LogP contribution in [0.2, 0.25) is 0 Å². The van der Waals surface area contributed by atoms with Crippen LogP contribution in [0.1, 0.15) is 36.2 Å². The van der Waals surface area contributed by atoms with E-state index in [0.717, 1.165) is 5.56 Å². The van der Waals surface area contributed by atoms with Crippen LogP contribution in [0.5, 0.6) is 0 Å². The second-order valence-corrected chi connectivity index (χ2v) is 6.09. The number of hydrogen-bond acceptors (Lipinski definition) is 3. The van der Waals surface area contributed by atoms with Crippen LogP contribution in [-0.2, 0) is 16.0 Å². The van der Waals surface area contributed by atoms with Gasteiger partial charge in [0.15, 0.2) is 0 Å². The van der Waals surface area contributed by atoms with Gasteiger partial charge in [0.05, 0.1) is 11.5 Å². The Morgan fingerprint density at radius 1 is 1.39 bits per heavy atom. The molecule has 0 spiro atoms. The molecule has 6 heteroatoms. The Balaban J connectivity index is 1.83. The molecule has 2 N–H and O–H groups in total. The van der Waals surface area contributed by atoms with Gasteiger partial charge in [0, 0.05) is 25.6 Å². The summed E-state index contributed by atoms with van der Waals surface area (Å²) >= 11 is 0. The van der Waals surface area contributed by atoms with Crippen molar-refractivity contribution in [3.63, 3.8) is 0 Å². The molecule has 0 radical (unpaired) electrons. The first-order valence-corrected chi connectivity index (χ1v) is 7.78. The van der Waals surface area contributed by atoms with E-state index >= 15 is 0 Å². The maximum absolute atomic E-state index is 12.1. The van der Waals surface area contributed by atoms with Gasteiger partial charge in [-0.05, 0) is 38.0 Å². The molecule has 1 aliphatic rings. The van der Waals surface area contributed by atoms with Crippen LogP contribution < -0.4 is 5.32 Å². The number of carbonyl (C=O) groups excluding carboxylic acids is 2. The number of hydrogen-bond donors (Lipinski definition) is 2. The minimum Gasteiger partial charge on any atom is -0.478 e. The number of likely N-dealkylation sites (tertiary alicyclic amines) is 1. The van der Waals surface area contributed by atoms with E-state index in [1.165, 1.54) is 6.07 Å². The van der Waals surface area contributed by atoms with Gasteiger partial charge in [-0.3, -0.25) is 9.59 Å². The normalized spacial score (nSPS) is 17.6. The van der Waals surface area contributed by atoms with E-state index in [9.17, 15) is 14.4 Å². The van der Waals surface area contributed by atoms with Gasteiger partial charge in [-0.1, -0.05) is 12.1 Å². The lowest BCUT2D eigenvalue weighted by Crippen LogP contribution is -2.36. The SMILES string of the molecule is CC(C)N1C[C@@H](C(=O)NCCc2cccc(C(=O)O)c2)CC1=O. The molecule has 1 fully saturated rings. The second kappa shape index (κ2) is 7.26. The van der Waals surface area contributed by atoms with Crippen LogP contribution in [-0.4, -0.2) is 46.9 Å². The number of nitrogens with zero attached hydrogens (tertiary/aromatic N) is 1. The highest BCUT2D eigenvalue weighted by molar-refractivity contribution is 5.89. The molecule has 1 saturated heterocycles. The molecule has 1 aromatic rings. The van der Waals surface area contributed by atoms with Crippen molar-refractivity contribution in [1.29, 1.82) is 0 Å². The van der Waals surface area contributed by atoms with Gasteiger partial charge in [0.25, 0.3) is 0 Å². The molecule has 124 valence electrons. The number of carboxylic acid groups (broad SMARTS) is 1. The topological polar surface area (TPSA) is 86.7 Å². The summed E-state index contributed by atoms with van der Waals surface area (Å²) < 4.78 is 0. The molecule has 1 atom stereocenters. The minimum atomic E-state index is -0.964. The second-order valence-electron chi connectivity index (χ2n) is 6.09. The summed E-state index contributed by atoms with van der Waals surface area (Å²) in [6.45, 7) is 4.77. The van der Waals surface area contributed by atoms with E-state index in [-0.39, 0.29) is 35.8 Å². The number of nitrogens with one attached hydrogen (secondary N) is 1. The average molecular weight is 318 g/mol. The van der Waals surface area contributed by atoms with Crippen molar-refractivity contribution in [2.24, 2.45) is 5.92 Å². The first-order valence-electron chi connectivity index (χ1n) is 7.78. The minimum absolute atomic E-state index is 0.0225. The standard InChI is InChI=1S/C17H22N2O4/c1-11(2)19-10-14(9-15(19)20)16(21)18-7-6-12-4-3-5-13(8-12)17(22)23/h3-5,8,11,14H,6-7,9-10H2,1-2H3,(H,18,21)(H,22,23)/t14-/m0/s1. The summed E-state index contributed by atoms with van der Waals surface area (Å²) in [7, 11) is 0. The molecule has 1 aromatic carbocycles. The summed E-state index contributed by atoms with van der Waals surface area (Å²) in [5.74, 6) is -1.35. The van der Waals surface area contributed by atoms with E-state index in [0.29, 0.717) is 19.5 Å². The Morgan fingerprint density at radius 3 is 2.74 bits per heavy atom. The summed E-state index contributed by atoms with van der Waals surface area (Å²) in [6.07, 6.45) is 0.819. The number of aromatic carboxylic acids is 1. The van der Waals surface area contributed by atoms with Gasteiger partial charge in [0.1, 0.15) is 0 Å². The number of carboxylic acids is 1. The Morgan fingerprint density at radius 2 is 2.13 bits per heavy atom. The van der Waals surface area contributed by atoms with Crippen LogP contribution in [0.15, 0.2) is 24.3 Å². The van der Waals surface area contributed by atoms with Gasteiger partial charge in [-0.15, -0.1) is 0 Å². The third-order valence-corrected chi connectivity index (χ3v) is 4.04. The first-order chi connectivity index (χ1) is 10.9. The zero-order valence-electron chi connectivity index (χ0n) is 13.4. The van der Waals surface area contributed by atoms with Crippen LogP contribution in [0, 0.1) is 5.92 Å². The first kappa shape index (κ1) is 17.0. The highest BCUT2D eigenvalue weighted by Gasteiger charge is 2.35.